The predicted molar refractivity (Wildman–Crippen MR) is 72.0 cm³/mol. The van der Waals surface area contributed by atoms with Gasteiger partial charge < -0.3 is 0 Å². The second-order valence-electron chi connectivity index (χ2n) is 4.28. The molecule has 0 aromatic heterocycles. The average molecular weight is 260 g/mol. The molecule has 1 aliphatic rings. The Balaban J connectivity index is 2.56. The van der Waals surface area contributed by atoms with E-state index in [4.69, 9.17) is 0 Å². The van der Waals surface area contributed by atoms with Crippen molar-refractivity contribution in [2.75, 3.05) is 16.6 Å². The van der Waals surface area contributed by atoms with Gasteiger partial charge in [-0.15, -0.1) is 0 Å². The first-order chi connectivity index (χ1) is 7.65. The van der Waals surface area contributed by atoms with Crippen LogP contribution in [0.2, 0.25) is 0 Å². The van der Waals surface area contributed by atoms with Crippen molar-refractivity contribution < 1.29 is 9.59 Å². The van der Waals surface area contributed by atoms with Gasteiger partial charge >= 0.3 is 0 Å². The zero-order valence-corrected chi connectivity index (χ0v) is 11.7. The fourth-order valence-corrected chi connectivity index (χ4v) is 4.44. The third kappa shape index (κ3) is 4.50. The summed E-state index contributed by atoms with van der Waals surface area (Å²) in [5.74, 6) is 2.72. The van der Waals surface area contributed by atoms with E-state index >= 15 is 0 Å². The van der Waals surface area contributed by atoms with Crippen LogP contribution >= 0.6 is 23.5 Å². The van der Waals surface area contributed by atoms with E-state index in [-0.39, 0.29) is 17.6 Å². The van der Waals surface area contributed by atoms with E-state index in [1.807, 2.05) is 23.5 Å². The van der Waals surface area contributed by atoms with E-state index < -0.39 is 0 Å². The second-order valence-corrected chi connectivity index (χ2v) is 6.70. The van der Waals surface area contributed by atoms with Gasteiger partial charge in [0.2, 0.25) is 0 Å². The van der Waals surface area contributed by atoms with Crippen LogP contribution in [0.15, 0.2) is 0 Å². The van der Waals surface area contributed by atoms with Gasteiger partial charge in [0, 0.05) is 34.8 Å². The van der Waals surface area contributed by atoms with Crippen LogP contribution in [-0.2, 0) is 9.59 Å². The Labute approximate surface area is 106 Å². The molecule has 1 aliphatic heterocycles. The fourth-order valence-electron chi connectivity index (χ4n) is 1.80. The van der Waals surface area contributed by atoms with E-state index in [0.29, 0.717) is 12.2 Å². The quantitative estimate of drug-likeness (QED) is 0.764. The minimum absolute atomic E-state index is 0.0881. The van der Waals surface area contributed by atoms with Gasteiger partial charge in [-0.3, -0.25) is 9.59 Å². The Hall–Kier alpha value is 0.0400. The van der Waals surface area contributed by atoms with E-state index in [1.54, 1.807) is 6.92 Å². The first-order valence-corrected chi connectivity index (χ1v) is 8.14. The summed E-state index contributed by atoms with van der Waals surface area (Å²) in [5.41, 5.74) is 0. The van der Waals surface area contributed by atoms with Crippen LogP contribution in [0.25, 0.3) is 0 Å². The normalized spacial score (nSPS) is 28.8. The summed E-state index contributed by atoms with van der Waals surface area (Å²) in [4.78, 5) is 23.3. The number of ketones is 2. The molecule has 1 rings (SSSR count). The summed E-state index contributed by atoms with van der Waals surface area (Å²) in [6, 6.07) is 0. The number of rotatable bonds is 2. The highest BCUT2D eigenvalue weighted by atomic mass is 32.2. The zero-order valence-electron chi connectivity index (χ0n) is 10.0. The van der Waals surface area contributed by atoms with Gasteiger partial charge in [-0.05, 0) is 19.8 Å². The number of carbonyl (C=O) groups is 2. The largest absolute Gasteiger partial charge is 0.300 e. The van der Waals surface area contributed by atoms with Crippen molar-refractivity contribution >= 4 is 35.1 Å². The number of thioether (sulfide) groups is 2. The Kier molecular flexibility index (Phi) is 6.51. The Morgan fingerprint density at radius 3 is 2.69 bits per heavy atom. The molecule has 4 heteroatoms. The summed E-state index contributed by atoms with van der Waals surface area (Å²) >= 11 is 3.67. The predicted octanol–water partition coefficient (Wildman–Crippen LogP) is 3.00. The van der Waals surface area contributed by atoms with E-state index in [9.17, 15) is 9.59 Å². The number of carbonyl (C=O) groups excluding carboxylic acids is 2. The molecule has 0 aromatic carbocycles. The van der Waals surface area contributed by atoms with Crippen LogP contribution in [0.5, 0.6) is 0 Å². The van der Waals surface area contributed by atoms with Crippen molar-refractivity contribution in [1.29, 1.82) is 0 Å². The summed E-state index contributed by atoms with van der Waals surface area (Å²) in [6.07, 6.45) is 2.27. The molecule has 16 heavy (non-hydrogen) atoms. The Morgan fingerprint density at radius 2 is 2.06 bits per heavy atom. The molecular formula is C12H20O2S2. The molecule has 0 aliphatic carbocycles. The molecule has 1 saturated heterocycles. The van der Waals surface area contributed by atoms with Crippen molar-refractivity contribution in [2.45, 2.75) is 33.1 Å². The molecule has 0 bridgehead atoms. The maximum atomic E-state index is 11.9. The van der Waals surface area contributed by atoms with Crippen molar-refractivity contribution in [3.8, 4) is 0 Å². The van der Waals surface area contributed by atoms with Crippen LogP contribution in [-0.4, -0.2) is 28.2 Å². The Morgan fingerprint density at radius 1 is 1.38 bits per heavy atom. The SMILES string of the molecule is CC[C@H]1CSCSC[C@@H](C(C)=O)CCC1=O. The maximum absolute atomic E-state index is 11.9. The van der Waals surface area contributed by atoms with Gasteiger partial charge in [-0.2, -0.15) is 23.5 Å². The summed E-state index contributed by atoms with van der Waals surface area (Å²) in [7, 11) is 0. The van der Waals surface area contributed by atoms with E-state index in [0.717, 1.165) is 29.4 Å². The third-order valence-electron chi connectivity index (χ3n) is 3.07. The molecule has 1 fully saturated rings. The van der Waals surface area contributed by atoms with Crippen LogP contribution in [0.4, 0.5) is 0 Å². The molecule has 1 heterocycles. The fraction of sp³-hybridized carbons (Fsp3) is 0.833. The van der Waals surface area contributed by atoms with Crippen LogP contribution < -0.4 is 0 Å². The molecule has 0 radical (unpaired) electrons. The molecule has 0 aromatic rings. The lowest BCUT2D eigenvalue weighted by molar-refractivity contribution is -0.123. The number of hydrogen-bond donors (Lipinski definition) is 0. The maximum Gasteiger partial charge on any atom is 0.136 e. The van der Waals surface area contributed by atoms with Gasteiger partial charge in [-0.1, -0.05) is 6.92 Å². The van der Waals surface area contributed by atoms with E-state index in [1.165, 1.54) is 0 Å². The Bertz CT molecular complexity index is 253. The van der Waals surface area contributed by atoms with Gasteiger partial charge in [0.25, 0.3) is 0 Å². The smallest absolute Gasteiger partial charge is 0.136 e. The first-order valence-electron chi connectivity index (χ1n) is 5.83. The number of hydrogen-bond acceptors (Lipinski definition) is 4. The topological polar surface area (TPSA) is 34.1 Å². The zero-order chi connectivity index (χ0) is 12.0. The standard InChI is InChI=1S/C12H20O2S2/c1-3-10-6-15-8-16-7-11(9(2)13)4-5-12(10)14/h10-11H,3-8H2,1-2H3/t10-,11-/m0/s1. The highest BCUT2D eigenvalue weighted by Crippen LogP contribution is 2.25. The molecule has 0 amide bonds. The lowest BCUT2D eigenvalue weighted by atomic mass is 9.94. The van der Waals surface area contributed by atoms with Crippen molar-refractivity contribution in [1.82, 2.24) is 0 Å². The summed E-state index contributed by atoms with van der Waals surface area (Å²) in [6.45, 7) is 3.72. The first kappa shape index (κ1) is 14.1. The monoisotopic (exact) mass is 260 g/mol. The average Bonchev–Trinajstić information content (AvgIpc) is 2.26. The van der Waals surface area contributed by atoms with Crippen LogP contribution in [0.3, 0.4) is 0 Å². The minimum Gasteiger partial charge on any atom is -0.300 e. The molecule has 2 nitrogen and oxygen atoms in total. The number of Topliss-reactive ketones (excluding diaryl/α,β-unsaturated/α-hetero) is 2. The van der Waals surface area contributed by atoms with Crippen molar-refractivity contribution in [3.63, 3.8) is 0 Å². The lowest BCUT2D eigenvalue weighted by Gasteiger charge is -2.19. The van der Waals surface area contributed by atoms with Crippen molar-refractivity contribution in [2.24, 2.45) is 11.8 Å². The molecule has 0 unspecified atom stereocenters. The van der Waals surface area contributed by atoms with Gasteiger partial charge in [0.05, 0.1) is 0 Å². The molecule has 0 spiro atoms. The third-order valence-corrected chi connectivity index (χ3v) is 5.68. The summed E-state index contributed by atoms with van der Waals surface area (Å²) in [5, 5.41) is 1.01. The summed E-state index contributed by atoms with van der Waals surface area (Å²) < 4.78 is 0. The second kappa shape index (κ2) is 7.38. The van der Waals surface area contributed by atoms with Gasteiger partial charge in [0.15, 0.2) is 0 Å². The molecular weight excluding hydrogens is 240 g/mol. The lowest BCUT2D eigenvalue weighted by Crippen LogP contribution is -2.21. The van der Waals surface area contributed by atoms with Crippen LogP contribution in [0.1, 0.15) is 33.1 Å². The van der Waals surface area contributed by atoms with Gasteiger partial charge in [-0.25, -0.2) is 0 Å². The highest BCUT2D eigenvalue weighted by Gasteiger charge is 2.22. The highest BCUT2D eigenvalue weighted by molar-refractivity contribution is 8.16. The molecule has 92 valence electrons. The molecule has 2 atom stereocenters. The molecule has 0 N–H and O–H groups in total. The molecule has 0 saturated carbocycles. The van der Waals surface area contributed by atoms with E-state index in [2.05, 4.69) is 6.92 Å². The minimum atomic E-state index is 0.0881. The van der Waals surface area contributed by atoms with Gasteiger partial charge in [0.1, 0.15) is 11.6 Å². The van der Waals surface area contributed by atoms with Crippen LogP contribution in [0, 0.1) is 11.8 Å². The van der Waals surface area contributed by atoms with Crippen molar-refractivity contribution in [3.05, 3.63) is 0 Å².